The molecule has 0 aliphatic rings. The second-order valence-electron chi connectivity index (χ2n) is 5.82. The normalized spacial score (nSPS) is 12.0. The number of furan rings is 2. The summed E-state index contributed by atoms with van der Waals surface area (Å²) in [7, 11) is 0. The summed E-state index contributed by atoms with van der Waals surface area (Å²) in [5, 5.41) is 13.7. The van der Waals surface area contributed by atoms with Crippen LogP contribution in [0.15, 0.2) is 57.6 Å². The summed E-state index contributed by atoms with van der Waals surface area (Å²) in [6.07, 6.45) is 5.02. The number of nitro groups is 1. The van der Waals surface area contributed by atoms with Gasteiger partial charge in [-0.25, -0.2) is 4.98 Å². The Labute approximate surface area is 145 Å². The van der Waals surface area contributed by atoms with E-state index in [1.807, 2.05) is 30.3 Å². The van der Waals surface area contributed by atoms with Crippen molar-refractivity contribution in [1.82, 2.24) is 9.97 Å². The minimum absolute atomic E-state index is 0.291. The summed E-state index contributed by atoms with van der Waals surface area (Å²) in [4.78, 5) is 18.1. The first-order valence-corrected chi connectivity index (χ1v) is 7.90. The number of aromatic nitrogens is 2. The fourth-order valence-electron chi connectivity index (χ4n) is 3.15. The number of nitrogens with zero attached hydrogens (tertiary/aromatic N) is 2. The Morgan fingerprint density at radius 2 is 1.88 bits per heavy atom. The monoisotopic (exact) mass is 345 g/mol. The number of rotatable bonds is 3. The van der Waals surface area contributed by atoms with Crippen LogP contribution in [0.4, 0.5) is 5.88 Å². The smallest absolute Gasteiger partial charge is 0.433 e. The molecule has 0 saturated heterocycles. The summed E-state index contributed by atoms with van der Waals surface area (Å²) in [6, 6.07) is 12.7. The van der Waals surface area contributed by atoms with Gasteiger partial charge < -0.3 is 13.8 Å². The molecular formula is C19H11N3O4. The number of benzene rings is 2. The third-order valence-electron chi connectivity index (χ3n) is 4.28. The summed E-state index contributed by atoms with van der Waals surface area (Å²) >= 11 is 0. The van der Waals surface area contributed by atoms with Crippen LogP contribution in [0.5, 0.6) is 0 Å². The average molecular weight is 345 g/mol. The van der Waals surface area contributed by atoms with E-state index < -0.39 is 4.92 Å². The SMILES string of the molecule is O=[N+]([O-])c1ccc(/C=C/c2nc3c4ccoc4c4ccccc4c3[nH]2)o1. The average Bonchev–Trinajstić information content (AvgIpc) is 3.37. The molecule has 0 spiro atoms. The van der Waals surface area contributed by atoms with E-state index in [9.17, 15) is 10.1 Å². The van der Waals surface area contributed by atoms with Gasteiger partial charge in [0.05, 0.1) is 17.8 Å². The maximum Gasteiger partial charge on any atom is 0.433 e. The van der Waals surface area contributed by atoms with E-state index >= 15 is 0 Å². The zero-order valence-corrected chi connectivity index (χ0v) is 13.3. The van der Waals surface area contributed by atoms with E-state index in [1.54, 1.807) is 24.5 Å². The molecule has 5 aromatic rings. The quantitative estimate of drug-likeness (QED) is 0.361. The Kier molecular flexibility index (Phi) is 2.96. The lowest BCUT2D eigenvalue weighted by atomic mass is 10.1. The molecule has 0 fully saturated rings. The Bertz CT molecular complexity index is 1320. The highest BCUT2D eigenvalue weighted by molar-refractivity contribution is 6.21. The summed E-state index contributed by atoms with van der Waals surface area (Å²) in [5.41, 5.74) is 2.54. The topological polar surface area (TPSA) is 98.1 Å². The van der Waals surface area contributed by atoms with Gasteiger partial charge in [-0.3, -0.25) is 10.1 Å². The highest BCUT2D eigenvalue weighted by atomic mass is 16.6. The van der Waals surface area contributed by atoms with Crippen molar-refractivity contribution in [2.45, 2.75) is 0 Å². The number of H-pyrrole nitrogens is 1. The van der Waals surface area contributed by atoms with Gasteiger partial charge in [0, 0.05) is 16.2 Å². The van der Waals surface area contributed by atoms with Crippen molar-refractivity contribution >= 4 is 50.8 Å². The predicted molar refractivity (Wildman–Crippen MR) is 97.7 cm³/mol. The van der Waals surface area contributed by atoms with Crippen molar-refractivity contribution < 1.29 is 13.8 Å². The first-order valence-electron chi connectivity index (χ1n) is 7.90. The van der Waals surface area contributed by atoms with Crippen LogP contribution < -0.4 is 0 Å². The van der Waals surface area contributed by atoms with Crippen LogP contribution >= 0.6 is 0 Å². The zero-order chi connectivity index (χ0) is 17.7. The van der Waals surface area contributed by atoms with Crippen LogP contribution in [-0.2, 0) is 0 Å². The molecule has 0 atom stereocenters. The molecule has 1 N–H and O–H groups in total. The van der Waals surface area contributed by atoms with Gasteiger partial charge in [0.15, 0.2) is 0 Å². The van der Waals surface area contributed by atoms with Crippen LogP contribution in [-0.4, -0.2) is 14.9 Å². The van der Waals surface area contributed by atoms with Crippen molar-refractivity contribution in [3.63, 3.8) is 0 Å². The second-order valence-corrected chi connectivity index (χ2v) is 5.82. The molecule has 0 saturated carbocycles. The second kappa shape index (κ2) is 5.32. The van der Waals surface area contributed by atoms with E-state index in [1.165, 1.54) is 6.07 Å². The lowest BCUT2D eigenvalue weighted by Gasteiger charge is -2.00. The molecule has 3 aromatic heterocycles. The molecule has 2 aromatic carbocycles. The minimum atomic E-state index is -0.569. The molecule has 126 valence electrons. The lowest BCUT2D eigenvalue weighted by Crippen LogP contribution is -1.82. The Balaban J connectivity index is 1.66. The number of fused-ring (bicyclic) bond motifs is 6. The van der Waals surface area contributed by atoms with Crippen molar-refractivity contribution in [2.75, 3.05) is 0 Å². The van der Waals surface area contributed by atoms with Gasteiger partial charge >= 0.3 is 5.88 Å². The van der Waals surface area contributed by atoms with Crippen LogP contribution in [0.3, 0.4) is 0 Å². The molecule has 7 heteroatoms. The highest BCUT2D eigenvalue weighted by Crippen LogP contribution is 2.34. The van der Waals surface area contributed by atoms with Crippen LogP contribution in [0.25, 0.3) is 44.9 Å². The number of aromatic amines is 1. The fourth-order valence-corrected chi connectivity index (χ4v) is 3.15. The largest absolute Gasteiger partial charge is 0.464 e. The van der Waals surface area contributed by atoms with E-state index in [2.05, 4.69) is 9.97 Å². The van der Waals surface area contributed by atoms with Gasteiger partial charge in [0.2, 0.25) is 0 Å². The van der Waals surface area contributed by atoms with E-state index in [4.69, 9.17) is 8.83 Å². The van der Waals surface area contributed by atoms with Crippen molar-refractivity contribution in [1.29, 1.82) is 0 Å². The van der Waals surface area contributed by atoms with Crippen molar-refractivity contribution in [3.05, 3.63) is 70.4 Å². The minimum Gasteiger partial charge on any atom is -0.464 e. The van der Waals surface area contributed by atoms with Gasteiger partial charge in [-0.15, -0.1) is 0 Å². The Hall–Kier alpha value is -3.87. The van der Waals surface area contributed by atoms with Crippen LogP contribution in [0.2, 0.25) is 0 Å². The molecule has 3 heterocycles. The number of nitrogens with one attached hydrogen (secondary N) is 1. The maximum absolute atomic E-state index is 10.7. The van der Waals surface area contributed by atoms with Crippen molar-refractivity contribution in [3.8, 4) is 0 Å². The Morgan fingerprint density at radius 1 is 1.04 bits per heavy atom. The van der Waals surface area contributed by atoms with Gasteiger partial charge in [0.1, 0.15) is 27.6 Å². The molecular weight excluding hydrogens is 334 g/mol. The lowest BCUT2D eigenvalue weighted by molar-refractivity contribution is -0.402. The van der Waals surface area contributed by atoms with Gasteiger partial charge in [-0.05, 0) is 24.3 Å². The molecule has 26 heavy (non-hydrogen) atoms. The molecule has 0 amide bonds. The predicted octanol–water partition coefficient (Wildman–Crippen LogP) is 5.13. The third-order valence-corrected chi connectivity index (χ3v) is 4.28. The van der Waals surface area contributed by atoms with E-state index in [-0.39, 0.29) is 5.88 Å². The first-order chi connectivity index (χ1) is 12.7. The maximum atomic E-state index is 10.7. The molecule has 0 aliphatic heterocycles. The zero-order valence-electron chi connectivity index (χ0n) is 13.3. The Morgan fingerprint density at radius 3 is 2.69 bits per heavy atom. The van der Waals surface area contributed by atoms with Crippen molar-refractivity contribution in [2.24, 2.45) is 0 Å². The highest BCUT2D eigenvalue weighted by Gasteiger charge is 2.14. The number of hydrogen-bond acceptors (Lipinski definition) is 5. The molecule has 5 rings (SSSR count). The standard InChI is InChI=1S/C19H11N3O4/c23-22(24)16-8-6-11(26-16)5-7-15-20-17-12-3-1-2-4-13(12)19-14(9-10-25-19)18(17)21-15/h1-10H,(H,20,21)/b7-5+. The molecule has 0 unspecified atom stereocenters. The fraction of sp³-hybridized carbons (Fsp3) is 0. The van der Waals surface area contributed by atoms with Gasteiger partial charge in [-0.1, -0.05) is 24.3 Å². The van der Waals surface area contributed by atoms with Gasteiger partial charge in [-0.2, -0.15) is 0 Å². The van der Waals surface area contributed by atoms with E-state index in [0.29, 0.717) is 11.6 Å². The molecule has 7 nitrogen and oxygen atoms in total. The van der Waals surface area contributed by atoms with Crippen LogP contribution in [0, 0.1) is 10.1 Å². The summed E-state index contributed by atoms with van der Waals surface area (Å²) in [6.45, 7) is 0. The van der Waals surface area contributed by atoms with E-state index in [0.717, 1.165) is 32.8 Å². The number of imidazole rings is 1. The van der Waals surface area contributed by atoms with Crippen LogP contribution in [0.1, 0.15) is 11.6 Å². The first kappa shape index (κ1) is 14.5. The molecule has 0 aliphatic carbocycles. The molecule has 0 radical (unpaired) electrons. The summed E-state index contributed by atoms with van der Waals surface area (Å²) in [5.74, 6) is 0.716. The summed E-state index contributed by atoms with van der Waals surface area (Å²) < 4.78 is 10.8. The number of hydrogen-bond donors (Lipinski definition) is 1. The molecule has 0 bridgehead atoms. The van der Waals surface area contributed by atoms with Gasteiger partial charge in [0.25, 0.3) is 0 Å². The third kappa shape index (κ3) is 2.11.